The van der Waals surface area contributed by atoms with Gasteiger partial charge in [-0.1, -0.05) is 20.3 Å². The van der Waals surface area contributed by atoms with Crippen LogP contribution >= 0.6 is 0 Å². The van der Waals surface area contributed by atoms with Crippen molar-refractivity contribution >= 4 is 11.9 Å². The maximum atomic E-state index is 11.5. The second-order valence-corrected chi connectivity index (χ2v) is 4.62. The molecule has 1 rings (SSSR count). The van der Waals surface area contributed by atoms with Crippen LogP contribution in [0.25, 0.3) is 0 Å². The van der Waals surface area contributed by atoms with E-state index in [9.17, 15) is 9.59 Å². The van der Waals surface area contributed by atoms with Gasteiger partial charge in [0.15, 0.2) is 0 Å². The third-order valence-corrected chi connectivity index (χ3v) is 3.48. The van der Waals surface area contributed by atoms with Crippen LogP contribution in [0, 0.1) is 5.41 Å². The molecule has 0 atom stereocenters. The van der Waals surface area contributed by atoms with Crippen molar-refractivity contribution < 1.29 is 14.7 Å². The number of aliphatic carboxylic acids is 1. The number of carbonyl (C=O) groups is 2. The fourth-order valence-corrected chi connectivity index (χ4v) is 1.89. The zero-order chi connectivity index (χ0) is 11.5. The summed E-state index contributed by atoms with van der Waals surface area (Å²) in [5.74, 6) is -1.29. The van der Waals surface area contributed by atoms with Gasteiger partial charge in [-0.2, -0.15) is 0 Å². The van der Waals surface area contributed by atoms with Crippen LogP contribution in [0.4, 0.5) is 0 Å². The van der Waals surface area contributed by atoms with Crippen LogP contribution in [-0.4, -0.2) is 35.0 Å². The maximum Gasteiger partial charge on any atom is 0.312 e. The Morgan fingerprint density at radius 2 is 1.87 bits per heavy atom. The quantitative estimate of drug-likeness (QED) is 0.723. The Morgan fingerprint density at radius 3 is 2.27 bits per heavy atom. The lowest BCUT2D eigenvalue weighted by atomic mass is 9.78. The summed E-state index contributed by atoms with van der Waals surface area (Å²) in [5, 5.41) is 8.52. The summed E-state index contributed by atoms with van der Waals surface area (Å²) < 4.78 is 0. The number of carboxylic acid groups (broad SMARTS) is 1. The van der Waals surface area contributed by atoms with Crippen molar-refractivity contribution in [3.05, 3.63) is 0 Å². The van der Waals surface area contributed by atoms with Crippen molar-refractivity contribution in [1.82, 2.24) is 4.90 Å². The van der Waals surface area contributed by atoms with Crippen molar-refractivity contribution in [2.75, 3.05) is 13.1 Å². The molecule has 1 fully saturated rings. The fraction of sp³-hybridized carbons (Fsp3) is 0.818. The SMILES string of the molecule is CCC1(C)CCN(C(=O)CC(=O)O)CC1. The molecule has 0 aromatic heterocycles. The molecule has 86 valence electrons. The highest BCUT2D eigenvalue weighted by Gasteiger charge is 2.30. The minimum atomic E-state index is -1.04. The lowest BCUT2D eigenvalue weighted by Gasteiger charge is -2.38. The lowest BCUT2D eigenvalue weighted by Crippen LogP contribution is -2.42. The maximum absolute atomic E-state index is 11.5. The zero-order valence-corrected chi connectivity index (χ0v) is 9.45. The number of carboxylic acids is 1. The first-order chi connectivity index (χ1) is 6.97. The number of likely N-dealkylation sites (tertiary alicyclic amines) is 1. The highest BCUT2D eigenvalue weighted by molar-refractivity contribution is 5.93. The van der Waals surface area contributed by atoms with Gasteiger partial charge in [0.25, 0.3) is 0 Å². The molecule has 0 aromatic carbocycles. The first-order valence-corrected chi connectivity index (χ1v) is 5.46. The Labute approximate surface area is 90.3 Å². The molecular weight excluding hydrogens is 194 g/mol. The van der Waals surface area contributed by atoms with Crippen LogP contribution in [0.5, 0.6) is 0 Å². The van der Waals surface area contributed by atoms with Crippen molar-refractivity contribution in [3.8, 4) is 0 Å². The van der Waals surface area contributed by atoms with Crippen LogP contribution in [0.3, 0.4) is 0 Å². The number of amides is 1. The normalized spacial score (nSPS) is 20.0. The Kier molecular flexibility index (Phi) is 3.72. The van der Waals surface area contributed by atoms with E-state index in [0.29, 0.717) is 18.5 Å². The Balaban J connectivity index is 2.43. The van der Waals surface area contributed by atoms with Gasteiger partial charge in [-0.25, -0.2) is 0 Å². The minimum absolute atomic E-state index is 0.249. The van der Waals surface area contributed by atoms with Crippen molar-refractivity contribution in [1.29, 1.82) is 0 Å². The Hall–Kier alpha value is -1.06. The predicted octanol–water partition coefficient (Wildman–Crippen LogP) is 1.50. The average molecular weight is 213 g/mol. The highest BCUT2D eigenvalue weighted by atomic mass is 16.4. The number of rotatable bonds is 3. The third-order valence-electron chi connectivity index (χ3n) is 3.48. The summed E-state index contributed by atoms with van der Waals surface area (Å²) in [5.41, 5.74) is 0.333. The molecule has 0 aliphatic carbocycles. The first-order valence-electron chi connectivity index (χ1n) is 5.46. The molecule has 1 heterocycles. The van der Waals surface area contributed by atoms with Gasteiger partial charge in [0, 0.05) is 13.1 Å². The van der Waals surface area contributed by atoms with Gasteiger partial charge >= 0.3 is 5.97 Å². The van der Waals surface area contributed by atoms with Crippen LogP contribution in [0.2, 0.25) is 0 Å². The second kappa shape index (κ2) is 4.64. The number of piperidine rings is 1. The summed E-state index contributed by atoms with van der Waals surface area (Å²) in [6.45, 7) is 5.80. The van der Waals surface area contributed by atoms with Crippen molar-refractivity contribution in [2.24, 2.45) is 5.41 Å². The Bertz CT molecular complexity index is 255. The van der Waals surface area contributed by atoms with E-state index in [1.807, 2.05) is 0 Å². The van der Waals surface area contributed by atoms with E-state index in [0.717, 1.165) is 19.3 Å². The van der Waals surface area contributed by atoms with E-state index in [1.54, 1.807) is 4.90 Å². The van der Waals surface area contributed by atoms with Gasteiger partial charge in [-0.3, -0.25) is 9.59 Å². The predicted molar refractivity (Wildman–Crippen MR) is 56.5 cm³/mol. The largest absolute Gasteiger partial charge is 0.481 e. The standard InChI is InChI=1S/C11H19NO3/c1-3-11(2)4-6-12(7-5-11)9(13)8-10(14)15/h3-8H2,1-2H3,(H,14,15). The van der Waals surface area contributed by atoms with Crippen LogP contribution in [-0.2, 0) is 9.59 Å². The summed E-state index contributed by atoms with van der Waals surface area (Å²) in [6.07, 6.45) is 2.71. The smallest absolute Gasteiger partial charge is 0.312 e. The average Bonchev–Trinajstić information content (AvgIpc) is 2.18. The molecular formula is C11H19NO3. The minimum Gasteiger partial charge on any atom is -0.481 e. The fourth-order valence-electron chi connectivity index (χ4n) is 1.89. The monoisotopic (exact) mass is 213 g/mol. The van der Waals surface area contributed by atoms with E-state index < -0.39 is 5.97 Å². The van der Waals surface area contributed by atoms with Crippen LogP contribution < -0.4 is 0 Å². The lowest BCUT2D eigenvalue weighted by molar-refractivity contribution is -0.145. The summed E-state index contributed by atoms with van der Waals surface area (Å²) >= 11 is 0. The zero-order valence-electron chi connectivity index (χ0n) is 9.45. The van der Waals surface area contributed by atoms with E-state index in [4.69, 9.17) is 5.11 Å². The number of hydrogen-bond donors (Lipinski definition) is 1. The van der Waals surface area contributed by atoms with E-state index in [2.05, 4.69) is 13.8 Å². The van der Waals surface area contributed by atoms with Crippen molar-refractivity contribution in [2.45, 2.75) is 39.5 Å². The molecule has 1 amide bonds. The number of carbonyl (C=O) groups excluding carboxylic acids is 1. The van der Waals surface area contributed by atoms with E-state index >= 15 is 0 Å². The van der Waals surface area contributed by atoms with E-state index in [1.165, 1.54) is 0 Å². The van der Waals surface area contributed by atoms with Crippen molar-refractivity contribution in [3.63, 3.8) is 0 Å². The molecule has 4 heteroatoms. The molecule has 0 unspecified atom stereocenters. The molecule has 1 saturated heterocycles. The van der Waals surface area contributed by atoms with Gasteiger partial charge in [-0.05, 0) is 18.3 Å². The number of hydrogen-bond acceptors (Lipinski definition) is 2. The van der Waals surface area contributed by atoms with Crippen LogP contribution in [0.15, 0.2) is 0 Å². The summed E-state index contributed by atoms with van der Waals surface area (Å²) in [4.78, 5) is 23.5. The molecule has 0 radical (unpaired) electrons. The summed E-state index contributed by atoms with van der Waals surface area (Å²) in [7, 11) is 0. The first kappa shape index (κ1) is 12.0. The molecule has 1 aliphatic rings. The van der Waals surface area contributed by atoms with Gasteiger partial charge in [0.1, 0.15) is 6.42 Å². The summed E-state index contributed by atoms with van der Waals surface area (Å²) in [6, 6.07) is 0. The molecule has 1 N–H and O–H groups in total. The molecule has 0 aromatic rings. The second-order valence-electron chi connectivity index (χ2n) is 4.62. The Morgan fingerprint density at radius 1 is 1.33 bits per heavy atom. The van der Waals surface area contributed by atoms with Gasteiger partial charge in [-0.15, -0.1) is 0 Å². The third kappa shape index (κ3) is 3.22. The molecule has 1 aliphatic heterocycles. The van der Waals surface area contributed by atoms with E-state index in [-0.39, 0.29) is 12.3 Å². The van der Waals surface area contributed by atoms with Gasteiger partial charge < -0.3 is 10.0 Å². The molecule has 4 nitrogen and oxygen atoms in total. The van der Waals surface area contributed by atoms with Gasteiger partial charge in [0.2, 0.25) is 5.91 Å². The van der Waals surface area contributed by atoms with Crippen LogP contribution in [0.1, 0.15) is 39.5 Å². The number of nitrogens with zero attached hydrogens (tertiary/aromatic N) is 1. The molecule has 0 spiro atoms. The topological polar surface area (TPSA) is 57.6 Å². The molecule has 0 saturated carbocycles. The highest BCUT2D eigenvalue weighted by Crippen LogP contribution is 2.33. The molecule has 0 bridgehead atoms. The van der Waals surface area contributed by atoms with Gasteiger partial charge in [0.05, 0.1) is 0 Å². The molecule has 15 heavy (non-hydrogen) atoms.